The van der Waals surface area contributed by atoms with E-state index in [2.05, 4.69) is 20.8 Å². The Morgan fingerprint density at radius 1 is 0.879 bits per heavy atom. The number of hydrogen-bond donors (Lipinski definition) is 2. The molecule has 0 aliphatic carbocycles. The number of methoxy groups -OCH3 is 1. The molecule has 33 heavy (non-hydrogen) atoms. The zero-order valence-electron chi connectivity index (χ0n) is 18.0. The van der Waals surface area contributed by atoms with E-state index in [0.29, 0.717) is 20.9 Å². The third kappa shape index (κ3) is 6.47. The highest BCUT2D eigenvalue weighted by Crippen LogP contribution is 2.31. The van der Waals surface area contributed by atoms with Gasteiger partial charge in [-0.3, -0.25) is 4.79 Å². The molecule has 168 valence electrons. The van der Waals surface area contributed by atoms with Gasteiger partial charge in [-0.1, -0.05) is 41.3 Å². The van der Waals surface area contributed by atoms with Gasteiger partial charge < -0.3 is 20.1 Å². The molecular weight excluding hydrogens is 456 g/mol. The van der Waals surface area contributed by atoms with Crippen molar-refractivity contribution in [1.82, 2.24) is 10.2 Å². The van der Waals surface area contributed by atoms with E-state index in [1.54, 1.807) is 7.11 Å². The predicted molar refractivity (Wildman–Crippen MR) is 133 cm³/mol. The molecule has 0 saturated heterocycles. The average Bonchev–Trinajstić information content (AvgIpc) is 3.28. The lowest BCUT2D eigenvalue weighted by atomic mass is 10.3. The van der Waals surface area contributed by atoms with Crippen molar-refractivity contribution in [2.24, 2.45) is 0 Å². The molecule has 1 amide bonds. The molecule has 4 aromatic rings. The van der Waals surface area contributed by atoms with Crippen LogP contribution in [0.2, 0.25) is 0 Å². The maximum atomic E-state index is 12.6. The molecule has 0 aliphatic heterocycles. The fourth-order valence-electron chi connectivity index (χ4n) is 2.79. The van der Waals surface area contributed by atoms with Gasteiger partial charge in [0, 0.05) is 11.4 Å². The smallest absolute Gasteiger partial charge is 0.237 e. The summed E-state index contributed by atoms with van der Waals surface area (Å²) in [6.07, 6.45) is 0. The Bertz CT molecular complexity index is 1180. The molecule has 1 heterocycles. The van der Waals surface area contributed by atoms with E-state index in [4.69, 9.17) is 9.47 Å². The number of nitrogens with zero attached hydrogens (tertiary/aromatic N) is 2. The monoisotopic (exact) mass is 478 g/mol. The number of nitrogens with one attached hydrogen (secondary N) is 2. The van der Waals surface area contributed by atoms with Crippen LogP contribution in [0.1, 0.15) is 6.92 Å². The minimum Gasteiger partial charge on any atom is -0.497 e. The quantitative estimate of drug-likeness (QED) is 0.277. The average molecular weight is 479 g/mol. The maximum Gasteiger partial charge on any atom is 0.237 e. The summed E-state index contributed by atoms with van der Waals surface area (Å²) in [5.74, 6) is 2.13. The van der Waals surface area contributed by atoms with Crippen molar-refractivity contribution in [3.63, 3.8) is 0 Å². The van der Waals surface area contributed by atoms with Crippen LogP contribution < -0.4 is 20.1 Å². The highest BCUT2D eigenvalue weighted by molar-refractivity contribution is 8.02. The van der Waals surface area contributed by atoms with Gasteiger partial charge in [-0.25, -0.2) is 0 Å². The molecule has 0 radical (unpaired) electrons. The van der Waals surface area contributed by atoms with Gasteiger partial charge in [0.2, 0.25) is 11.0 Å². The van der Waals surface area contributed by atoms with Gasteiger partial charge in [0.05, 0.1) is 12.4 Å². The molecular formula is C24H22N4O3S2. The van der Waals surface area contributed by atoms with Gasteiger partial charge in [-0.05, 0) is 67.6 Å². The van der Waals surface area contributed by atoms with Crippen LogP contribution in [0.4, 0.5) is 16.5 Å². The number of ether oxygens (including phenoxy) is 2. The topological polar surface area (TPSA) is 85.4 Å². The molecule has 1 aromatic heterocycles. The molecule has 0 spiro atoms. The molecule has 9 heteroatoms. The zero-order chi connectivity index (χ0) is 23.0. The number of amides is 1. The lowest BCUT2D eigenvalue weighted by molar-refractivity contribution is -0.115. The van der Waals surface area contributed by atoms with Crippen molar-refractivity contribution in [2.45, 2.75) is 16.5 Å². The lowest BCUT2D eigenvalue weighted by Gasteiger charge is -2.11. The number of rotatable bonds is 9. The van der Waals surface area contributed by atoms with Crippen LogP contribution in [0.25, 0.3) is 0 Å². The lowest BCUT2D eigenvalue weighted by Crippen LogP contribution is -2.22. The van der Waals surface area contributed by atoms with Crippen molar-refractivity contribution in [3.8, 4) is 17.2 Å². The summed E-state index contributed by atoms with van der Waals surface area (Å²) in [7, 11) is 1.63. The Kier molecular flexibility index (Phi) is 7.43. The Labute approximate surface area is 200 Å². The number of benzene rings is 3. The number of carbonyl (C=O) groups excluding carboxylic acids is 1. The number of anilines is 3. The van der Waals surface area contributed by atoms with Crippen molar-refractivity contribution in [3.05, 3.63) is 78.9 Å². The summed E-state index contributed by atoms with van der Waals surface area (Å²) in [6.45, 7) is 1.84. The van der Waals surface area contributed by atoms with Gasteiger partial charge >= 0.3 is 0 Å². The fourth-order valence-corrected chi connectivity index (χ4v) is 4.70. The highest BCUT2D eigenvalue weighted by Gasteiger charge is 2.17. The zero-order valence-corrected chi connectivity index (χ0v) is 19.7. The van der Waals surface area contributed by atoms with E-state index >= 15 is 0 Å². The largest absolute Gasteiger partial charge is 0.497 e. The van der Waals surface area contributed by atoms with Crippen LogP contribution >= 0.6 is 23.1 Å². The summed E-state index contributed by atoms with van der Waals surface area (Å²) in [4.78, 5) is 12.6. The van der Waals surface area contributed by atoms with E-state index in [1.165, 1.54) is 23.1 Å². The molecule has 2 N–H and O–H groups in total. The van der Waals surface area contributed by atoms with E-state index in [1.807, 2.05) is 85.8 Å². The Hall–Kier alpha value is -3.56. The molecule has 7 nitrogen and oxygen atoms in total. The van der Waals surface area contributed by atoms with Crippen LogP contribution in [0, 0.1) is 0 Å². The molecule has 0 fully saturated rings. The molecule has 1 unspecified atom stereocenters. The summed E-state index contributed by atoms with van der Waals surface area (Å²) < 4.78 is 11.6. The van der Waals surface area contributed by atoms with Crippen molar-refractivity contribution < 1.29 is 14.3 Å². The van der Waals surface area contributed by atoms with Crippen molar-refractivity contribution in [1.29, 1.82) is 0 Å². The summed E-state index contributed by atoms with van der Waals surface area (Å²) in [6, 6.07) is 24.4. The van der Waals surface area contributed by atoms with Crippen LogP contribution in [0.15, 0.2) is 83.2 Å². The second kappa shape index (κ2) is 10.8. The van der Waals surface area contributed by atoms with Crippen LogP contribution in [-0.4, -0.2) is 28.5 Å². The fraction of sp³-hybridized carbons (Fsp3) is 0.125. The molecule has 4 rings (SSSR count). The van der Waals surface area contributed by atoms with E-state index in [9.17, 15) is 4.79 Å². The Morgan fingerprint density at radius 3 is 2.21 bits per heavy atom. The number of para-hydroxylation sites is 1. The first-order chi connectivity index (χ1) is 16.1. The van der Waals surface area contributed by atoms with Gasteiger partial charge in [0.1, 0.15) is 17.2 Å². The summed E-state index contributed by atoms with van der Waals surface area (Å²) in [5.41, 5.74) is 1.58. The maximum absolute atomic E-state index is 12.6. The second-order valence-corrected chi connectivity index (χ2v) is 9.48. The van der Waals surface area contributed by atoms with Crippen molar-refractivity contribution in [2.75, 3.05) is 17.7 Å². The Balaban J connectivity index is 1.28. The van der Waals surface area contributed by atoms with Crippen LogP contribution in [-0.2, 0) is 4.79 Å². The third-order valence-corrected chi connectivity index (χ3v) is 6.52. The normalized spacial score (nSPS) is 11.5. The number of aromatic nitrogens is 2. The first-order valence-electron chi connectivity index (χ1n) is 10.1. The first kappa shape index (κ1) is 22.6. The van der Waals surface area contributed by atoms with Gasteiger partial charge in [-0.15, -0.1) is 10.2 Å². The summed E-state index contributed by atoms with van der Waals surface area (Å²) >= 11 is 2.76. The van der Waals surface area contributed by atoms with Crippen LogP contribution in [0.5, 0.6) is 17.2 Å². The first-order valence-corrected chi connectivity index (χ1v) is 11.8. The molecule has 0 aliphatic rings. The molecule has 0 saturated carbocycles. The standard InChI is InChI=1S/C24H22N4O3S2/c1-16(32-24-28-27-23(33-24)26-18-8-12-19(30-2)13-9-18)22(29)25-17-10-14-21(15-11-17)31-20-6-4-3-5-7-20/h3-16H,1-2H3,(H,25,29)(H,26,27). The van der Waals surface area contributed by atoms with Gasteiger partial charge in [0.25, 0.3) is 0 Å². The molecule has 0 bridgehead atoms. The SMILES string of the molecule is COc1ccc(Nc2nnc(SC(C)C(=O)Nc3ccc(Oc4ccccc4)cc3)s2)cc1. The minimum atomic E-state index is -0.341. The van der Waals surface area contributed by atoms with E-state index in [0.717, 1.165) is 17.2 Å². The molecule has 1 atom stereocenters. The molecule has 3 aromatic carbocycles. The second-order valence-electron chi connectivity index (χ2n) is 6.92. The third-order valence-electron chi connectivity index (χ3n) is 4.50. The number of thioether (sulfide) groups is 1. The predicted octanol–water partition coefficient (Wildman–Crippen LogP) is 6.20. The Morgan fingerprint density at radius 2 is 1.52 bits per heavy atom. The van der Waals surface area contributed by atoms with Crippen molar-refractivity contribution >= 4 is 45.5 Å². The van der Waals surface area contributed by atoms with Crippen LogP contribution in [0.3, 0.4) is 0 Å². The highest BCUT2D eigenvalue weighted by atomic mass is 32.2. The van der Waals surface area contributed by atoms with E-state index < -0.39 is 0 Å². The van der Waals surface area contributed by atoms with Gasteiger partial charge in [-0.2, -0.15) is 0 Å². The number of hydrogen-bond acceptors (Lipinski definition) is 8. The minimum absolute atomic E-state index is 0.114. The van der Waals surface area contributed by atoms with Gasteiger partial charge in [0.15, 0.2) is 4.34 Å². The van der Waals surface area contributed by atoms with E-state index in [-0.39, 0.29) is 11.2 Å². The number of carbonyl (C=O) groups is 1. The summed E-state index contributed by atoms with van der Waals surface area (Å²) in [5, 5.41) is 14.8.